The van der Waals surface area contributed by atoms with Crippen molar-refractivity contribution in [2.75, 3.05) is 0 Å². The lowest BCUT2D eigenvalue weighted by molar-refractivity contribution is -0.164. The van der Waals surface area contributed by atoms with E-state index < -0.39 is 22.9 Å². The maximum Gasteiger partial charge on any atom is 0.331 e. The molecule has 158 valence electrons. The van der Waals surface area contributed by atoms with Gasteiger partial charge >= 0.3 is 5.97 Å². The highest BCUT2D eigenvalue weighted by molar-refractivity contribution is 8.01. The molecule has 0 radical (unpaired) electrons. The number of hydrogen-bond donors (Lipinski definition) is 1. The predicted octanol–water partition coefficient (Wildman–Crippen LogP) is 3.11. The molecular formula is C23H22N4O3S. The summed E-state index contributed by atoms with van der Waals surface area (Å²) in [7, 11) is 0. The molecule has 0 bridgehead atoms. The van der Waals surface area contributed by atoms with Crippen LogP contribution in [0.4, 0.5) is 0 Å². The SMILES string of the molecule is CC1(Cc2cn[nH]n2)S[C@@H]2CC(=O)N2C1C(=O)OC(c1ccccc1)c1ccccc1. The number of aromatic nitrogens is 3. The lowest BCUT2D eigenvalue weighted by atomic mass is 9.92. The van der Waals surface area contributed by atoms with E-state index in [-0.39, 0.29) is 11.3 Å². The van der Waals surface area contributed by atoms with Gasteiger partial charge in [0.2, 0.25) is 5.91 Å². The normalized spacial score (nSPS) is 24.7. The van der Waals surface area contributed by atoms with Crippen LogP contribution in [0.2, 0.25) is 0 Å². The molecule has 5 rings (SSSR count). The van der Waals surface area contributed by atoms with Gasteiger partial charge in [0, 0.05) is 6.42 Å². The molecule has 2 saturated heterocycles. The summed E-state index contributed by atoms with van der Waals surface area (Å²) < 4.78 is 5.58. The van der Waals surface area contributed by atoms with Crippen LogP contribution >= 0.6 is 11.8 Å². The first-order valence-corrected chi connectivity index (χ1v) is 11.1. The highest BCUT2D eigenvalue weighted by atomic mass is 32.2. The molecule has 2 aliphatic rings. The number of benzene rings is 2. The fourth-order valence-electron chi connectivity index (χ4n) is 4.42. The Kier molecular flexibility index (Phi) is 5.02. The molecule has 2 fully saturated rings. The number of ether oxygens (including phenoxy) is 1. The largest absolute Gasteiger partial charge is 0.451 e. The number of aromatic amines is 1. The quantitative estimate of drug-likeness (QED) is 0.474. The number of H-pyrrole nitrogens is 1. The standard InChI is InChI=1S/C23H22N4O3S/c1-23(13-17-14-24-26-25-17)21(27-18(28)12-19(27)31-23)22(29)30-20(15-8-4-2-5-9-15)16-10-6-3-7-11-16/h2-11,14,19-21H,12-13H2,1H3,(H,24,25,26)/t19-,21?,23?/m1/s1. The predicted molar refractivity (Wildman–Crippen MR) is 116 cm³/mol. The van der Waals surface area contributed by atoms with E-state index in [0.717, 1.165) is 16.8 Å². The van der Waals surface area contributed by atoms with Gasteiger partial charge in [-0.05, 0) is 18.1 Å². The van der Waals surface area contributed by atoms with E-state index in [2.05, 4.69) is 15.4 Å². The van der Waals surface area contributed by atoms with E-state index in [1.807, 2.05) is 67.6 Å². The van der Waals surface area contributed by atoms with Gasteiger partial charge in [-0.15, -0.1) is 11.8 Å². The minimum absolute atomic E-state index is 0.00569. The zero-order valence-corrected chi connectivity index (χ0v) is 17.8. The number of thioether (sulfide) groups is 1. The number of carbonyl (C=O) groups excluding carboxylic acids is 2. The van der Waals surface area contributed by atoms with E-state index >= 15 is 0 Å². The van der Waals surface area contributed by atoms with Crippen molar-refractivity contribution in [3.8, 4) is 0 Å². The van der Waals surface area contributed by atoms with Crippen molar-refractivity contribution in [3.05, 3.63) is 83.7 Å². The molecule has 1 amide bonds. The second kappa shape index (κ2) is 7.85. The smallest absolute Gasteiger partial charge is 0.331 e. The lowest BCUT2D eigenvalue weighted by Crippen LogP contribution is -2.58. The number of nitrogens with one attached hydrogen (secondary N) is 1. The third-order valence-corrected chi connectivity index (χ3v) is 7.44. The van der Waals surface area contributed by atoms with Crippen LogP contribution in [-0.2, 0) is 20.7 Å². The van der Waals surface area contributed by atoms with Crippen LogP contribution in [0.15, 0.2) is 66.9 Å². The Morgan fingerprint density at radius 3 is 2.39 bits per heavy atom. The number of amides is 1. The van der Waals surface area contributed by atoms with Gasteiger partial charge in [0.15, 0.2) is 6.10 Å². The van der Waals surface area contributed by atoms with E-state index in [0.29, 0.717) is 12.8 Å². The van der Waals surface area contributed by atoms with E-state index in [1.54, 1.807) is 22.9 Å². The summed E-state index contributed by atoms with van der Waals surface area (Å²) in [4.78, 5) is 27.7. The molecule has 3 heterocycles. The zero-order chi connectivity index (χ0) is 21.4. The molecule has 2 unspecified atom stereocenters. The molecule has 7 nitrogen and oxygen atoms in total. The molecule has 0 saturated carbocycles. The van der Waals surface area contributed by atoms with Crippen molar-refractivity contribution in [1.29, 1.82) is 0 Å². The molecule has 1 N–H and O–H groups in total. The van der Waals surface area contributed by atoms with Crippen molar-refractivity contribution in [3.63, 3.8) is 0 Å². The van der Waals surface area contributed by atoms with Crippen LogP contribution in [-0.4, -0.2) is 48.3 Å². The van der Waals surface area contributed by atoms with Crippen LogP contribution in [0.3, 0.4) is 0 Å². The number of esters is 1. The summed E-state index contributed by atoms with van der Waals surface area (Å²) in [6, 6.07) is 18.7. The van der Waals surface area contributed by atoms with Crippen LogP contribution < -0.4 is 0 Å². The van der Waals surface area contributed by atoms with Gasteiger partial charge in [-0.3, -0.25) is 4.79 Å². The lowest BCUT2D eigenvalue weighted by Gasteiger charge is -2.38. The molecule has 8 heteroatoms. The molecule has 2 aromatic carbocycles. The summed E-state index contributed by atoms with van der Waals surface area (Å²) in [5.74, 6) is -0.411. The van der Waals surface area contributed by atoms with Crippen LogP contribution in [0.1, 0.15) is 36.3 Å². The van der Waals surface area contributed by atoms with Crippen LogP contribution in [0, 0.1) is 0 Å². The average Bonchev–Trinajstić information content (AvgIpc) is 3.36. The van der Waals surface area contributed by atoms with Gasteiger partial charge in [-0.2, -0.15) is 15.4 Å². The Hall–Kier alpha value is -3.13. The van der Waals surface area contributed by atoms with Crippen molar-refractivity contribution in [2.24, 2.45) is 0 Å². The van der Waals surface area contributed by atoms with Gasteiger partial charge in [0.1, 0.15) is 6.04 Å². The molecule has 0 spiro atoms. The minimum atomic E-state index is -0.685. The van der Waals surface area contributed by atoms with Crippen molar-refractivity contribution in [1.82, 2.24) is 20.3 Å². The summed E-state index contributed by atoms with van der Waals surface area (Å²) in [6.07, 6.45) is 2.06. The van der Waals surface area contributed by atoms with Crippen LogP contribution in [0.5, 0.6) is 0 Å². The monoisotopic (exact) mass is 434 g/mol. The molecule has 2 aliphatic heterocycles. The summed E-state index contributed by atoms with van der Waals surface area (Å²) in [5.41, 5.74) is 2.53. The minimum Gasteiger partial charge on any atom is -0.451 e. The fourth-order valence-corrected chi connectivity index (χ4v) is 6.19. The number of rotatable bonds is 6. The summed E-state index contributed by atoms with van der Waals surface area (Å²) >= 11 is 1.64. The Morgan fingerprint density at radius 2 is 1.84 bits per heavy atom. The summed E-state index contributed by atoms with van der Waals surface area (Å²) in [5, 5.41) is 10.7. The highest BCUT2D eigenvalue weighted by Crippen LogP contribution is 2.52. The van der Waals surface area contributed by atoms with Gasteiger partial charge in [-0.1, -0.05) is 60.7 Å². The summed E-state index contributed by atoms with van der Waals surface area (Å²) in [6.45, 7) is 2.00. The second-order valence-corrected chi connectivity index (χ2v) is 9.78. The third kappa shape index (κ3) is 3.61. The number of hydrogen-bond acceptors (Lipinski definition) is 6. The number of carbonyl (C=O) groups is 2. The van der Waals surface area contributed by atoms with Crippen molar-refractivity contribution in [2.45, 2.75) is 42.0 Å². The second-order valence-electron chi connectivity index (χ2n) is 8.07. The Bertz CT molecular complexity index is 1040. The van der Waals surface area contributed by atoms with Gasteiger partial charge in [0.05, 0.1) is 28.4 Å². The average molecular weight is 435 g/mol. The molecule has 3 atom stereocenters. The number of β-lactam (4-membered cyclic amide) rings is 1. The Labute approximate surface area is 184 Å². The van der Waals surface area contributed by atoms with Gasteiger partial charge in [-0.25, -0.2) is 4.79 Å². The zero-order valence-electron chi connectivity index (χ0n) is 17.0. The van der Waals surface area contributed by atoms with E-state index in [4.69, 9.17) is 4.74 Å². The third-order valence-electron chi connectivity index (χ3n) is 5.87. The first-order valence-electron chi connectivity index (χ1n) is 10.2. The number of fused-ring (bicyclic) bond motifs is 1. The maximum atomic E-state index is 13.6. The topological polar surface area (TPSA) is 88.2 Å². The molecule has 31 heavy (non-hydrogen) atoms. The maximum absolute atomic E-state index is 13.6. The first-order chi connectivity index (χ1) is 15.0. The first kappa shape index (κ1) is 19.8. The highest BCUT2D eigenvalue weighted by Gasteiger charge is 2.61. The van der Waals surface area contributed by atoms with E-state index in [1.165, 1.54) is 0 Å². The van der Waals surface area contributed by atoms with Gasteiger partial charge in [0.25, 0.3) is 0 Å². The molecule has 0 aliphatic carbocycles. The Morgan fingerprint density at radius 1 is 1.19 bits per heavy atom. The van der Waals surface area contributed by atoms with E-state index in [9.17, 15) is 9.59 Å². The van der Waals surface area contributed by atoms with Crippen molar-refractivity contribution >= 4 is 23.6 Å². The van der Waals surface area contributed by atoms with Crippen molar-refractivity contribution < 1.29 is 14.3 Å². The Balaban J connectivity index is 1.46. The van der Waals surface area contributed by atoms with Crippen LogP contribution in [0.25, 0.3) is 0 Å². The molecule has 3 aromatic rings. The van der Waals surface area contributed by atoms with Gasteiger partial charge < -0.3 is 9.64 Å². The fraction of sp³-hybridized carbons (Fsp3) is 0.304. The number of nitrogens with zero attached hydrogens (tertiary/aromatic N) is 3. The molecule has 1 aromatic heterocycles. The molecular weight excluding hydrogens is 412 g/mol.